The summed E-state index contributed by atoms with van der Waals surface area (Å²) >= 11 is 0. The Kier molecular flexibility index (Phi) is 5.34. The number of aryl methyl sites for hydroxylation is 2. The molecule has 2 rings (SSSR count). The summed E-state index contributed by atoms with van der Waals surface area (Å²) < 4.78 is 18.8. The lowest BCUT2D eigenvalue weighted by molar-refractivity contribution is 0.411. The van der Waals surface area contributed by atoms with Gasteiger partial charge in [0.25, 0.3) is 0 Å². The fraction of sp³-hybridized carbons (Fsp3) is 0.333. The van der Waals surface area contributed by atoms with E-state index >= 15 is 0 Å². The minimum atomic E-state index is -0.129. The molecule has 0 amide bonds. The van der Waals surface area contributed by atoms with Crippen LogP contribution in [0.25, 0.3) is 0 Å². The van der Waals surface area contributed by atoms with Gasteiger partial charge in [-0.15, -0.1) is 0 Å². The minimum absolute atomic E-state index is 0.129. The molecule has 0 fully saturated rings. The summed E-state index contributed by atoms with van der Waals surface area (Å²) in [4.78, 5) is 0. The third kappa shape index (κ3) is 4.05. The maximum atomic E-state index is 13.5. The molecule has 0 unspecified atom stereocenters. The summed E-state index contributed by atoms with van der Waals surface area (Å²) in [6, 6.07) is 11.1. The Morgan fingerprint density at radius 1 is 1.05 bits per heavy atom. The molecule has 0 aromatic heterocycles. The van der Waals surface area contributed by atoms with E-state index in [9.17, 15) is 4.39 Å². The quantitative estimate of drug-likeness (QED) is 0.816. The summed E-state index contributed by atoms with van der Waals surface area (Å²) in [5, 5.41) is 3.38. The Bertz CT molecular complexity index is 610. The molecule has 112 valence electrons. The summed E-state index contributed by atoms with van der Waals surface area (Å²) in [6.07, 6.45) is 0.695. The zero-order valence-corrected chi connectivity index (χ0v) is 12.9. The van der Waals surface area contributed by atoms with Crippen molar-refractivity contribution in [1.82, 2.24) is 5.32 Å². The Labute approximate surface area is 126 Å². The average molecular weight is 287 g/mol. The topological polar surface area (TPSA) is 21.3 Å². The van der Waals surface area contributed by atoms with Crippen molar-refractivity contribution in [3.05, 3.63) is 64.5 Å². The van der Waals surface area contributed by atoms with Crippen LogP contribution in [0.3, 0.4) is 0 Å². The van der Waals surface area contributed by atoms with Crippen LogP contribution in [0, 0.1) is 19.7 Å². The van der Waals surface area contributed by atoms with Gasteiger partial charge in [-0.2, -0.15) is 0 Å². The van der Waals surface area contributed by atoms with Crippen LogP contribution in [-0.4, -0.2) is 13.7 Å². The van der Waals surface area contributed by atoms with Gasteiger partial charge in [0.05, 0.1) is 7.11 Å². The van der Waals surface area contributed by atoms with Gasteiger partial charge >= 0.3 is 0 Å². The third-order valence-corrected chi connectivity index (χ3v) is 3.70. The maximum Gasteiger partial charge on any atom is 0.126 e. The third-order valence-electron chi connectivity index (χ3n) is 3.70. The molecule has 0 aliphatic carbocycles. The number of hydrogen-bond donors (Lipinski definition) is 1. The number of rotatable bonds is 6. The predicted octanol–water partition coefficient (Wildman–Crippen LogP) is 3.78. The van der Waals surface area contributed by atoms with Crippen LogP contribution in [0.5, 0.6) is 5.75 Å². The van der Waals surface area contributed by atoms with E-state index in [1.54, 1.807) is 13.2 Å². The molecule has 0 radical (unpaired) electrons. The van der Waals surface area contributed by atoms with Crippen LogP contribution >= 0.6 is 0 Å². The highest BCUT2D eigenvalue weighted by Crippen LogP contribution is 2.22. The molecule has 0 aliphatic heterocycles. The van der Waals surface area contributed by atoms with Gasteiger partial charge in [-0.25, -0.2) is 4.39 Å². The van der Waals surface area contributed by atoms with Crippen molar-refractivity contribution in [3.63, 3.8) is 0 Å². The highest BCUT2D eigenvalue weighted by atomic mass is 19.1. The molecular formula is C18H22FNO. The summed E-state index contributed by atoms with van der Waals surface area (Å²) in [5.74, 6) is 0.790. The first-order valence-electron chi connectivity index (χ1n) is 7.20. The molecule has 0 atom stereocenters. The van der Waals surface area contributed by atoms with Crippen LogP contribution in [0.2, 0.25) is 0 Å². The van der Waals surface area contributed by atoms with E-state index in [1.165, 1.54) is 17.2 Å². The van der Waals surface area contributed by atoms with Gasteiger partial charge in [-0.05, 0) is 61.2 Å². The molecule has 0 heterocycles. The molecule has 2 aromatic rings. The standard InChI is InChI=1S/C18H22FNO/c1-13-11-18(21-3)14(2)10-16(13)12-20-9-8-15-6-4-5-7-17(15)19/h4-7,10-11,20H,8-9,12H2,1-3H3. The fourth-order valence-corrected chi connectivity index (χ4v) is 2.41. The lowest BCUT2D eigenvalue weighted by atomic mass is 10.0. The van der Waals surface area contributed by atoms with Gasteiger partial charge in [-0.3, -0.25) is 0 Å². The van der Waals surface area contributed by atoms with Crippen LogP contribution in [0.1, 0.15) is 22.3 Å². The predicted molar refractivity (Wildman–Crippen MR) is 84.3 cm³/mol. The van der Waals surface area contributed by atoms with E-state index in [-0.39, 0.29) is 5.82 Å². The van der Waals surface area contributed by atoms with Crippen molar-refractivity contribution in [2.24, 2.45) is 0 Å². The van der Waals surface area contributed by atoms with Crippen LogP contribution in [-0.2, 0) is 13.0 Å². The largest absolute Gasteiger partial charge is 0.496 e. The number of halogens is 1. The zero-order chi connectivity index (χ0) is 15.2. The first kappa shape index (κ1) is 15.5. The van der Waals surface area contributed by atoms with Gasteiger partial charge in [0.2, 0.25) is 0 Å². The van der Waals surface area contributed by atoms with Crippen molar-refractivity contribution >= 4 is 0 Å². The van der Waals surface area contributed by atoms with Crippen molar-refractivity contribution in [3.8, 4) is 5.75 Å². The lowest BCUT2D eigenvalue weighted by Crippen LogP contribution is -2.18. The highest BCUT2D eigenvalue weighted by Gasteiger charge is 2.05. The van der Waals surface area contributed by atoms with Gasteiger partial charge in [0.1, 0.15) is 11.6 Å². The molecule has 21 heavy (non-hydrogen) atoms. The van der Waals surface area contributed by atoms with Crippen molar-refractivity contribution in [1.29, 1.82) is 0 Å². The van der Waals surface area contributed by atoms with E-state index in [4.69, 9.17) is 4.74 Å². The molecule has 2 nitrogen and oxygen atoms in total. The number of methoxy groups -OCH3 is 1. The molecule has 0 aliphatic rings. The Balaban J connectivity index is 1.89. The molecule has 1 N–H and O–H groups in total. The molecule has 3 heteroatoms. The van der Waals surface area contributed by atoms with Gasteiger partial charge in [0, 0.05) is 6.54 Å². The first-order chi connectivity index (χ1) is 10.1. The SMILES string of the molecule is COc1cc(C)c(CNCCc2ccccc2F)cc1C. The van der Waals surface area contributed by atoms with E-state index in [1.807, 2.05) is 19.1 Å². The smallest absolute Gasteiger partial charge is 0.126 e. The zero-order valence-electron chi connectivity index (χ0n) is 12.9. The minimum Gasteiger partial charge on any atom is -0.496 e. The molecule has 0 saturated heterocycles. The Hall–Kier alpha value is -1.87. The van der Waals surface area contributed by atoms with E-state index in [0.29, 0.717) is 6.42 Å². The Morgan fingerprint density at radius 3 is 2.52 bits per heavy atom. The lowest BCUT2D eigenvalue weighted by Gasteiger charge is -2.12. The van der Waals surface area contributed by atoms with Crippen molar-refractivity contribution in [2.45, 2.75) is 26.8 Å². The fourth-order valence-electron chi connectivity index (χ4n) is 2.41. The highest BCUT2D eigenvalue weighted by molar-refractivity contribution is 5.41. The van der Waals surface area contributed by atoms with Gasteiger partial charge in [-0.1, -0.05) is 24.3 Å². The second-order valence-corrected chi connectivity index (χ2v) is 5.27. The number of nitrogens with one attached hydrogen (secondary N) is 1. The molecular weight excluding hydrogens is 265 g/mol. The number of benzene rings is 2. The van der Waals surface area contributed by atoms with E-state index in [2.05, 4.69) is 24.4 Å². The van der Waals surface area contributed by atoms with Crippen LogP contribution in [0.4, 0.5) is 4.39 Å². The van der Waals surface area contributed by atoms with E-state index in [0.717, 1.165) is 30.0 Å². The monoisotopic (exact) mass is 287 g/mol. The molecule has 0 saturated carbocycles. The second kappa shape index (κ2) is 7.23. The summed E-state index contributed by atoms with van der Waals surface area (Å²) in [5.41, 5.74) is 4.35. The van der Waals surface area contributed by atoms with Crippen LogP contribution in [0.15, 0.2) is 36.4 Å². The van der Waals surface area contributed by atoms with Gasteiger partial charge < -0.3 is 10.1 Å². The molecule has 0 bridgehead atoms. The molecule has 2 aromatic carbocycles. The maximum absolute atomic E-state index is 13.5. The normalized spacial score (nSPS) is 10.7. The first-order valence-corrected chi connectivity index (χ1v) is 7.20. The Morgan fingerprint density at radius 2 is 1.81 bits per heavy atom. The molecule has 0 spiro atoms. The van der Waals surface area contributed by atoms with Crippen molar-refractivity contribution < 1.29 is 9.13 Å². The van der Waals surface area contributed by atoms with Crippen molar-refractivity contribution in [2.75, 3.05) is 13.7 Å². The second-order valence-electron chi connectivity index (χ2n) is 5.27. The number of hydrogen-bond acceptors (Lipinski definition) is 2. The van der Waals surface area contributed by atoms with Gasteiger partial charge in [0.15, 0.2) is 0 Å². The average Bonchev–Trinajstić information content (AvgIpc) is 2.48. The summed E-state index contributed by atoms with van der Waals surface area (Å²) in [6.45, 7) is 5.66. The summed E-state index contributed by atoms with van der Waals surface area (Å²) in [7, 11) is 1.69. The van der Waals surface area contributed by atoms with Crippen LogP contribution < -0.4 is 10.1 Å². The van der Waals surface area contributed by atoms with E-state index < -0.39 is 0 Å². The number of ether oxygens (including phenoxy) is 1.